The lowest BCUT2D eigenvalue weighted by atomic mass is 10.1. The summed E-state index contributed by atoms with van der Waals surface area (Å²) < 4.78 is 4.98. The van der Waals surface area contributed by atoms with Gasteiger partial charge in [0, 0.05) is 12.4 Å². The minimum Gasteiger partial charge on any atom is -0.504 e. The van der Waals surface area contributed by atoms with Gasteiger partial charge in [0.2, 0.25) is 0 Å². The third-order valence-corrected chi connectivity index (χ3v) is 2.38. The van der Waals surface area contributed by atoms with E-state index in [9.17, 15) is 5.11 Å². The van der Waals surface area contributed by atoms with Gasteiger partial charge in [-0.15, -0.1) is 0 Å². The van der Waals surface area contributed by atoms with Gasteiger partial charge in [-0.05, 0) is 35.4 Å². The number of pyridine rings is 1. The maximum atomic E-state index is 9.62. The fourth-order valence-corrected chi connectivity index (χ4v) is 1.48. The third-order valence-electron chi connectivity index (χ3n) is 2.38. The van der Waals surface area contributed by atoms with Crippen LogP contribution in [-0.2, 0) is 0 Å². The Labute approximate surface area is 100 Å². The summed E-state index contributed by atoms with van der Waals surface area (Å²) in [4.78, 5) is 3.95. The van der Waals surface area contributed by atoms with Crippen LogP contribution in [0.5, 0.6) is 11.5 Å². The molecule has 3 nitrogen and oxygen atoms in total. The summed E-state index contributed by atoms with van der Waals surface area (Å²) in [5, 5.41) is 9.62. The second kappa shape index (κ2) is 5.16. The summed E-state index contributed by atoms with van der Waals surface area (Å²) in [7, 11) is 1.53. The van der Waals surface area contributed by atoms with Crippen molar-refractivity contribution in [3.05, 3.63) is 53.9 Å². The van der Waals surface area contributed by atoms with Gasteiger partial charge in [-0.25, -0.2) is 0 Å². The SMILES string of the molecule is COc1ccc(C=Cc2ccncc2)cc1O. The summed E-state index contributed by atoms with van der Waals surface area (Å²) in [5.41, 5.74) is 1.98. The van der Waals surface area contributed by atoms with Crippen LogP contribution >= 0.6 is 0 Å². The van der Waals surface area contributed by atoms with E-state index in [1.807, 2.05) is 30.4 Å². The summed E-state index contributed by atoms with van der Waals surface area (Å²) in [6, 6.07) is 9.12. The van der Waals surface area contributed by atoms with E-state index >= 15 is 0 Å². The molecule has 0 fully saturated rings. The first-order chi connectivity index (χ1) is 8.29. The van der Waals surface area contributed by atoms with Crippen molar-refractivity contribution in [2.75, 3.05) is 7.11 Å². The highest BCUT2D eigenvalue weighted by Crippen LogP contribution is 2.26. The molecule has 0 saturated carbocycles. The van der Waals surface area contributed by atoms with Gasteiger partial charge in [0.25, 0.3) is 0 Å². The molecule has 0 aliphatic heterocycles. The zero-order valence-electron chi connectivity index (χ0n) is 9.50. The van der Waals surface area contributed by atoms with Crippen LogP contribution in [0.2, 0.25) is 0 Å². The predicted molar refractivity (Wildman–Crippen MR) is 67.8 cm³/mol. The normalized spacial score (nSPS) is 10.6. The van der Waals surface area contributed by atoms with Crippen LogP contribution in [0.3, 0.4) is 0 Å². The second-order valence-electron chi connectivity index (χ2n) is 3.55. The average Bonchev–Trinajstić information content (AvgIpc) is 2.38. The van der Waals surface area contributed by atoms with E-state index in [1.165, 1.54) is 7.11 Å². The molecule has 1 heterocycles. The Bertz CT molecular complexity index is 521. The van der Waals surface area contributed by atoms with Gasteiger partial charge in [0.1, 0.15) is 0 Å². The van der Waals surface area contributed by atoms with Crippen molar-refractivity contribution in [3.8, 4) is 11.5 Å². The Morgan fingerprint density at radius 2 is 1.76 bits per heavy atom. The van der Waals surface area contributed by atoms with E-state index in [-0.39, 0.29) is 5.75 Å². The number of rotatable bonds is 3. The van der Waals surface area contributed by atoms with Crippen LogP contribution in [0.15, 0.2) is 42.7 Å². The monoisotopic (exact) mass is 227 g/mol. The molecule has 0 spiro atoms. The van der Waals surface area contributed by atoms with E-state index < -0.39 is 0 Å². The molecule has 0 bridgehead atoms. The van der Waals surface area contributed by atoms with Crippen molar-refractivity contribution in [3.63, 3.8) is 0 Å². The van der Waals surface area contributed by atoms with Crippen LogP contribution < -0.4 is 4.74 Å². The topological polar surface area (TPSA) is 42.4 Å². The maximum Gasteiger partial charge on any atom is 0.160 e. The largest absolute Gasteiger partial charge is 0.504 e. The van der Waals surface area contributed by atoms with Crippen LogP contribution in [0.25, 0.3) is 12.2 Å². The molecule has 86 valence electrons. The second-order valence-corrected chi connectivity index (χ2v) is 3.55. The van der Waals surface area contributed by atoms with Crippen molar-refractivity contribution < 1.29 is 9.84 Å². The number of hydrogen-bond acceptors (Lipinski definition) is 3. The maximum absolute atomic E-state index is 9.62. The summed E-state index contributed by atoms with van der Waals surface area (Å²) in [5.74, 6) is 0.621. The lowest BCUT2D eigenvalue weighted by Crippen LogP contribution is -1.83. The quantitative estimate of drug-likeness (QED) is 0.876. The third kappa shape index (κ3) is 2.84. The van der Waals surface area contributed by atoms with Gasteiger partial charge in [0.05, 0.1) is 7.11 Å². The first-order valence-corrected chi connectivity index (χ1v) is 5.25. The molecule has 0 saturated heterocycles. The summed E-state index contributed by atoms with van der Waals surface area (Å²) in [6.45, 7) is 0. The number of phenols is 1. The molecular weight excluding hydrogens is 214 g/mol. The van der Waals surface area contributed by atoms with Crippen molar-refractivity contribution >= 4 is 12.2 Å². The molecule has 17 heavy (non-hydrogen) atoms. The van der Waals surface area contributed by atoms with Gasteiger partial charge in [-0.2, -0.15) is 0 Å². The number of methoxy groups -OCH3 is 1. The smallest absolute Gasteiger partial charge is 0.160 e. The zero-order chi connectivity index (χ0) is 12.1. The fraction of sp³-hybridized carbons (Fsp3) is 0.0714. The van der Waals surface area contributed by atoms with E-state index in [1.54, 1.807) is 24.5 Å². The van der Waals surface area contributed by atoms with Crippen LogP contribution in [0, 0.1) is 0 Å². The van der Waals surface area contributed by atoms with Crippen LogP contribution in [0.1, 0.15) is 11.1 Å². The van der Waals surface area contributed by atoms with Crippen LogP contribution in [-0.4, -0.2) is 17.2 Å². The molecule has 0 aliphatic rings. The van der Waals surface area contributed by atoms with Gasteiger partial charge < -0.3 is 9.84 Å². The number of ether oxygens (including phenoxy) is 1. The molecule has 1 aromatic carbocycles. The highest BCUT2D eigenvalue weighted by molar-refractivity contribution is 5.70. The molecule has 3 heteroatoms. The van der Waals surface area contributed by atoms with Gasteiger partial charge in [-0.1, -0.05) is 18.2 Å². The Kier molecular flexibility index (Phi) is 3.40. The standard InChI is InChI=1S/C14H13NO2/c1-17-14-5-4-12(10-13(14)16)3-2-11-6-8-15-9-7-11/h2-10,16H,1H3. The Balaban J connectivity index is 2.19. The predicted octanol–water partition coefficient (Wildman–Crippen LogP) is 2.97. The highest BCUT2D eigenvalue weighted by Gasteiger charge is 1.99. The molecule has 0 aliphatic carbocycles. The summed E-state index contributed by atoms with van der Waals surface area (Å²) >= 11 is 0. The molecule has 0 atom stereocenters. The first kappa shape index (κ1) is 11.2. The minimum absolute atomic E-state index is 0.143. The van der Waals surface area contributed by atoms with Crippen molar-refractivity contribution in [2.24, 2.45) is 0 Å². The van der Waals surface area contributed by atoms with E-state index in [2.05, 4.69) is 4.98 Å². The van der Waals surface area contributed by atoms with E-state index in [4.69, 9.17) is 4.74 Å². The van der Waals surface area contributed by atoms with Crippen LogP contribution in [0.4, 0.5) is 0 Å². The van der Waals surface area contributed by atoms with Crippen molar-refractivity contribution in [2.45, 2.75) is 0 Å². The zero-order valence-corrected chi connectivity index (χ0v) is 9.50. The van der Waals surface area contributed by atoms with E-state index in [0.717, 1.165) is 11.1 Å². The van der Waals surface area contributed by atoms with Gasteiger partial charge in [-0.3, -0.25) is 4.98 Å². The number of hydrogen-bond donors (Lipinski definition) is 1. The van der Waals surface area contributed by atoms with Gasteiger partial charge in [0.15, 0.2) is 11.5 Å². The first-order valence-electron chi connectivity index (χ1n) is 5.25. The lowest BCUT2D eigenvalue weighted by Gasteiger charge is -2.03. The van der Waals surface area contributed by atoms with Crippen molar-refractivity contribution in [1.29, 1.82) is 0 Å². The number of aromatic nitrogens is 1. The number of benzene rings is 1. The highest BCUT2D eigenvalue weighted by atomic mass is 16.5. The summed E-state index contributed by atoms with van der Waals surface area (Å²) in [6.07, 6.45) is 7.37. The molecule has 1 aromatic heterocycles. The average molecular weight is 227 g/mol. The molecule has 0 amide bonds. The fourth-order valence-electron chi connectivity index (χ4n) is 1.48. The van der Waals surface area contributed by atoms with Gasteiger partial charge >= 0.3 is 0 Å². The lowest BCUT2D eigenvalue weighted by molar-refractivity contribution is 0.373. The molecule has 1 N–H and O–H groups in total. The Morgan fingerprint density at radius 3 is 2.41 bits per heavy atom. The Hall–Kier alpha value is -2.29. The number of nitrogens with zero attached hydrogens (tertiary/aromatic N) is 1. The molecular formula is C14H13NO2. The molecule has 2 rings (SSSR count). The molecule has 2 aromatic rings. The Morgan fingerprint density at radius 1 is 1.06 bits per heavy atom. The van der Waals surface area contributed by atoms with E-state index in [0.29, 0.717) is 5.75 Å². The number of phenolic OH excluding ortho intramolecular Hbond substituents is 1. The minimum atomic E-state index is 0.143. The molecule has 0 unspecified atom stereocenters. The van der Waals surface area contributed by atoms with Crippen molar-refractivity contribution in [1.82, 2.24) is 4.98 Å². The molecule has 0 radical (unpaired) electrons. The number of aromatic hydroxyl groups is 1.